The summed E-state index contributed by atoms with van der Waals surface area (Å²) < 4.78 is 0. The van der Waals surface area contributed by atoms with Crippen molar-refractivity contribution in [3.05, 3.63) is 30.1 Å². The van der Waals surface area contributed by atoms with Crippen molar-refractivity contribution in [1.29, 1.82) is 0 Å². The minimum atomic E-state index is -0.809. The van der Waals surface area contributed by atoms with Crippen LogP contribution in [0.1, 0.15) is 52.1 Å². The average Bonchev–Trinajstić information content (AvgIpc) is 3.09. The van der Waals surface area contributed by atoms with E-state index in [0.29, 0.717) is 0 Å². The molecule has 2 nitrogen and oxygen atoms in total. The van der Waals surface area contributed by atoms with Gasteiger partial charge in [-0.3, -0.25) is 4.98 Å². The van der Waals surface area contributed by atoms with E-state index < -0.39 is 5.60 Å². The number of aromatic nitrogens is 1. The molecule has 2 rings (SSSR count). The van der Waals surface area contributed by atoms with Crippen LogP contribution < -0.4 is 0 Å². The Bertz CT molecular complexity index is 364. The van der Waals surface area contributed by atoms with Gasteiger partial charge in [-0.15, -0.1) is 0 Å². The molecule has 0 aromatic carbocycles. The molecule has 1 atom stereocenters. The molecule has 94 valence electrons. The average molecular weight is 233 g/mol. The first-order valence-electron chi connectivity index (χ1n) is 6.57. The third kappa shape index (κ3) is 2.68. The Labute approximate surface area is 104 Å². The summed E-state index contributed by atoms with van der Waals surface area (Å²) in [5.41, 5.74) is -0.180. The highest BCUT2D eigenvalue weighted by atomic mass is 16.3. The molecule has 1 unspecified atom stereocenters. The Morgan fingerprint density at radius 1 is 1.29 bits per heavy atom. The summed E-state index contributed by atoms with van der Waals surface area (Å²) in [4.78, 5) is 4.37. The highest BCUT2D eigenvalue weighted by Crippen LogP contribution is 2.45. The minimum Gasteiger partial charge on any atom is -0.383 e. The van der Waals surface area contributed by atoms with E-state index in [-0.39, 0.29) is 5.41 Å². The Morgan fingerprint density at radius 3 is 2.47 bits per heavy atom. The Kier molecular flexibility index (Phi) is 3.26. The molecule has 1 heterocycles. The zero-order chi connectivity index (χ0) is 12.5. The normalized spacial score (nSPS) is 20.0. The molecule has 0 saturated heterocycles. The predicted molar refractivity (Wildman–Crippen MR) is 69.5 cm³/mol. The van der Waals surface area contributed by atoms with E-state index in [9.17, 15) is 5.11 Å². The van der Waals surface area contributed by atoms with Crippen molar-refractivity contribution in [2.45, 2.75) is 52.1 Å². The predicted octanol–water partition coefficient (Wildman–Crippen LogP) is 3.51. The first kappa shape index (κ1) is 12.6. The molecule has 0 aliphatic heterocycles. The zero-order valence-electron chi connectivity index (χ0n) is 11.1. The molecular formula is C15H23NO. The standard InChI is InChI=1S/C15H23NO/c1-14(2,3)15(17,10-9-12-7-8-12)13-6-4-5-11-16-13/h4-6,11-12,17H,7-10H2,1-3H3. The fraction of sp³-hybridized carbons (Fsp3) is 0.667. The highest BCUT2D eigenvalue weighted by molar-refractivity contribution is 5.16. The molecule has 17 heavy (non-hydrogen) atoms. The van der Waals surface area contributed by atoms with Crippen molar-refractivity contribution in [2.24, 2.45) is 11.3 Å². The second kappa shape index (κ2) is 4.41. The third-order valence-corrected chi connectivity index (χ3v) is 3.94. The molecule has 1 aliphatic carbocycles. The lowest BCUT2D eigenvalue weighted by Gasteiger charge is -2.40. The maximum absolute atomic E-state index is 11.0. The fourth-order valence-electron chi connectivity index (χ4n) is 2.31. The molecule has 0 spiro atoms. The van der Waals surface area contributed by atoms with Crippen LogP contribution in [0.4, 0.5) is 0 Å². The van der Waals surface area contributed by atoms with Crippen LogP contribution in [0.2, 0.25) is 0 Å². The molecule has 0 amide bonds. The van der Waals surface area contributed by atoms with Gasteiger partial charge in [0, 0.05) is 6.20 Å². The number of pyridine rings is 1. The van der Waals surface area contributed by atoms with Gasteiger partial charge in [0.2, 0.25) is 0 Å². The smallest absolute Gasteiger partial charge is 0.111 e. The molecule has 1 saturated carbocycles. The lowest BCUT2D eigenvalue weighted by atomic mass is 9.71. The fourth-order valence-corrected chi connectivity index (χ4v) is 2.31. The molecule has 0 radical (unpaired) electrons. The van der Waals surface area contributed by atoms with Crippen LogP contribution in [-0.4, -0.2) is 10.1 Å². The van der Waals surface area contributed by atoms with Gasteiger partial charge in [-0.1, -0.05) is 39.7 Å². The number of nitrogens with zero attached hydrogens (tertiary/aromatic N) is 1. The van der Waals surface area contributed by atoms with Gasteiger partial charge in [-0.25, -0.2) is 0 Å². The SMILES string of the molecule is CC(C)(C)C(O)(CCC1CC1)c1ccccn1. The van der Waals surface area contributed by atoms with Crippen molar-refractivity contribution < 1.29 is 5.11 Å². The summed E-state index contributed by atoms with van der Waals surface area (Å²) in [5, 5.41) is 11.0. The minimum absolute atomic E-state index is 0.184. The van der Waals surface area contributed by atoms with Crippen molar-refractivity contribution in [1.82, 2.24) is 4.98 Å². The second-order valence-electron chi connectivity index (χ2n) is 6.31. The van der Waals surface area contributed by atoms with Crippen molar-refractivity contribution in [2.75, 3.05) is 0 Å². The molecule has 0 bridgehead atoms. The van der Waals surface area contributed by atoms with Gasteiger partial charge in [0.05, 0.1) is 5.69 Å². The molecular weight excluding hydrogens is 210 g/mol. The van der Waals surface area contributed by atoms with Crippen molar-refractivity contribution in [3.63, 3.8) is 0 Å². The topological polar surface area (TPSA) is 33.1 Å². The summed E-state index contributed by atoms with van der Waals surface area (Å²) in [6.45, 7) is 6.28. The van der Waals surface area contributed by atoms with Crippen LogP contribution in [0, 0.1) is 11.3 Å². The summed E-state index contributed by atoms with van der Waals surface area (Å²) in [6, 6.07) is 5.79. The number of hydrogen-bond donors (Lipinski definition) is 1. The monoisotopic (exact) mass is 233 g/mol. The Balaban J connectivity index is 2.22. The Morgan fingerprint density at radius 2 is 2.00 bits per heavy atom. The van der Waals surface area contributed by atoms with Gasteiger partial charge >= 0.3 is 0 Å². The molecule has 1 aromatic rings. The first-order valence-corrected chi connectivity index (χ1v) is 6.57. The van der Waals surface area contributed by atoms with Gasteiger partial charge in [0.25, 0.3) is 0 Å². The lowest BCUT2D eigenvalue weighted by Crippen LogP contribution is -2.40. The van der Waals surface area contributed by atoms with E-state index in [2.05, 4.69) is 25.8 Å². The molecule has 1 aromatic heterocycles. The van der Waals surface area contributed by atoms with Crippen LogP contribution in [0.5, 0.6) is 0 Å². The van der Waals surface area contributed by atoms with Crippen molar-refractivity contribution >= 4 is 0 Å². The lowest BCUT2D eigenvalue weighted by molar-refractivity contribution is -0.0770. The quantitative estimate of drug-likeness (QED) is 0.863. The molecule has 2 heteroatoms. The van der Waals surface area contributed by atoms with Gasteiger partial charge in [-0.05, 0) is 36.3 Å². The molecule has 1 fully saturated rings. The van der Waals surface area contributed by atoms with Gasteiger partial charge < -0.3 is 5.11 Å². The second-order valence-corrected chi connectivity index (χ2v) is 6.31. The van der Waals surface area contributed by atoms with Crippen LogP contribution in [-0.2, 0) is 5.60 Å². The maximum atomic E-state index is 11.0. The summed E-state index contributed by atoms with van der Waals surface area (Å²) >= 11 is 0. The van der Waals surface area contributed by atoms with Gasteiger partial charge in [0.15, 0.2) is 0 Å². The highest BCUT2D eigenvalue weighted by Gasteiger charge is 2.43. The number of rotatable bonds is 4. The van der Waals surface area contributed by atoms with Crippen LogP contribution in [0.25, 0.3) is 0 Å². The van der Waals surface area contributed by atoms with Gasteiger partial charge in [0.1, 0.15) is 5.60 Å². The summed E-state index contributed by atoms with van der Waals surface area (Å²) in [5.74, 6) is 0.840. The maximum Gasteiger partial charge on any atom is 0.111 e. The first-order chi connectivity index (χ1) is 7.93. The summed E-state index contributed by atoms with van der Waals surface area (Å²) in [7, 11) is 0. The van der Waals surface area contributed by atoms with E-state index in [1.807, 2.05) is 18.2 Å². The summed E-state index contributed by atoms with van der Waals surface area (Å²) in [6.07, 6.45) is 6.37. The number of hydrogen-bond acceptors (Lipinski definition) is 2. The molecule has 1 aliphatic rings. The largest absolute Gasteiger partial charge is 0.383 e. The number of aliphatic hydroxyl groups is 1. The van der Waals surface area contributed by atoms with Crippen LogP contribution in [0.15, 0.2) is 24.4 Å². The van der Waals surface area contributed by atoms with E-state index >= 15 is 0 Å². The van der Waals surface area contributed by atoms with Crippen LogP contribution in [0.3, 0.4) is 0 Å². The van der Waals surface area contributed by atoms with E-state index in [1.54, 1.807) is 6.20 Å². The van der Waals surface area contributed by atoms with Gasteiger partial charge in [-0.2, -0.15) is 0 Å². The Hall–Kier alpha value is -0.890. The van der Waals surface area contributed by atoms with Crippen molar-refractivity contribution in [3.8, 4) is 0 Å². The van der Waals surface area contributed by atoms with Crippen LogP contribution >= 0.6 is 0 Å². The zero-order valence-corrected chi connectivity index (χ0v) is 11.1. The molecule has 1 N–H and O–H groups in total. The third-order valence-electron chi connectivity index (χ3n) is 3.94. The van der Waals surface area contributed by atoms with E-state index in [4.69, 9.17) is 0 Å². The van der Waals surface area contributed by atoms with E-state index in [0.717, 1.165) is 24.5 Å². The van der Waals surface area contributed by atoms with E-state index in [1.165, 1.54) is 12.8 Å².